The summed E-state index contributed by atoms with van der Waals surface area (Å²) in [5.74, 6) is 1.38. The van der Waals surface area contributed by atoms with Gasteiger partial charge in [0.25, 0.3) is 0 Å². The van der Waals surface area contributed by atoms with Crippen molar-refractivity contribution in [2.75, 3.05) is 25.6 Å². The van der Waals surface area contributed by atoms with Gasteiger partial charge in [0.05, 0.1) is 13.0 Å². The normalized spacial score (nSPS) is 15.8. The maximum Gasteiger partial charge on any atom is 0.231 e. The third kappa shape index (κ3) is 4.31. The number of hydrogen-bond donors (Lipinski definition) is 2. The molecule has 25 heavy (non-hydrogen) atoms. The molecule has 0 saturated heterocycles. The summed E-state index contributed by atoms with van der Waals surface area (Å²) in [6, 6.07) is 13.6. The molecule has 132 valence electrons. The van der Waals surface area contributed by atoms with Gasteiger partial charge in [0, 0.05) is 12.2 Å². The maximum atomic E-state index is 12.6. The number of benzene rings is 2. The topological polar surface area (TPSA) is 59.6 Å². The molecule has 0 saturated carbocycles. The third-order valence-corrected chi connectivity index (χ3v) is 4.32. The van der Waals surface area contributed by atoms with E-state index >= 15 is 0 Å². The summed E-state index contributed by atoms with van der Waals surface area (Å²) in [5.41, 5.74) is 2.97. The van der Waals surface area contributed by atoms with Crippen molar-refractivity contribution >= 4 is 11.6 Å². The first kappa shape index (κ1) is 17.3. The van der Waals surface area contributed by atoms with Crippen LogP contribution in [0.3, 0.4) is 0 Å². The van der Waals surface area contributed by atoms with E-state index in [1.54, 1.807) is 7.11 Å². The average Bonchev–Trinajstić information content (AvgIpc) is 2.65. The van der Waals surface area contributed by atoms with Gasteiger partial charge in [-0.3, -0.25) is 4.79 Å². The fourth-order valence-electron chi connectivity index (χ4n) is 2.94. The lowest BCUT2D eigenvalue weighted by molar-refractivity contribution is -0.121. The number of carbonyl (C=O) groups excluding carboxylic acids is 1. The average molecular weight is 340 g/mol. The SMILES string of the molecule is CCNCc1cccc(NC(=O)C2COc3ccc(OC)cc3C2)c1. The van der Waals surface area contributed by atoms with Crippen LogP contribution in [0.5, 0.6) is 11.5 Å². The Hall–Kier alpha value is -2.53. The predicted octanol–water partition coefficient (Wildman–Crippen LogP) is 2.99. The lowest BCUT2D eigenvalue weighted by Gasteiger charge is -2.25. The zero-order valence-corrected chi connectivity index (χ0v) is 14.7. The van der Waals surface area contributed by atoms with Crippen LogP contribution in [0.4, 0.5) is 5.69 Å². The van der Waals surface area contributed by atoms with Crippen molar-refractivity contribution in [2.24, 2.45) is 5.92 Å². The number of carbonyl (C=O) groups is 1. The van der Waals surface area contributed by atoms with Crippen LogP contribution in [0, 0.1) is 5.92 Å². The number of anilines is 1. The molecule has 2 N–H and O–H groups in total. The van der Waals surface area contributed by atoms with Gasteiger partial charge in [0.15, 0.2) is 0 Å². The van der Waals surface area contributed by atoms with Crippen LogP contribution in [0.15, 0.2) is 42.5 Å². The molecule has 1 amide bonds. The fourth-order valence-corrected chi connectivity index (χ4v) is 2.94. The van der Waals surface area contributed by atoms with Crippen molar-refractivity contribution in [3.8, 4) is 11.5 Å². The summed E-state index contributed by atoms with van der Waals surface area (Å²) < 4.78 is 11.0. The summed E-state index contributed by atoms with van der Waals surface area (Å²) in [6.45, 7) is 4.17. The molecule has 1 atom stereocenters. The Morgan fingerprint density at radius 3 is 2.96 bits per heavy atom. The molecule has 0 bridgehead atoms. The van der Waals surface area contributed by atoms with E-state index in [0.717, 1.165) is 41.4 Å². The van der Waals surface area contributed by atoms with Gasteiger partial charge in [-0.25, -0.2) is 0 Å². The molecule has 1 aliphatic heterocycles. The predicted molar refractivity (Wildman–Crippen MR) is 98.1 cm³/mol. The molecule has 1 aliphatic rings. The van der Waals surface area contributed by atoms with Crippen LogP contribution in [0.25, 0.3) is 0 Å². The van der Waals surface area contributed by atoms with Crippen LogP contribution in [0.1, 0.15) is 18.1 Å². The first-order chi connectivity index (χ1) is 12.2. The number of rotatable bonds is 6. The Labute approximate surface area is 148 Å². The van der Waals surface area contributed by atoms with Crippen LogP contribution in [0.2, 0.25) is 0 Å². The van der Waals surface area contributed by atoms with Gasteiger partial charge >= 0.3 is 0 Å². The summed E-state index contributed by atoms with van der Waals surface area (Å²) in [5, 5.41) is 6.30. The van der Waals surface area contributed by atoms with Crippen molar-refractivity contribution in [3.63, 3.8) is 0 Å². The van der Waals surface area contributed by atoms with Crippen molar-refractivity contribution in [3.05, 3.63) is 53.6 Å². The lowest BCUT2D eigenvalue weighted by Crippen LogP contribution is -2.32. The Morgan fingerprint density at radius 2 is 2.16 bits per heavy atom. The molecule has 0 radical (unpaired) electrons. The van der Waals surface area contributed by atoms with Crippen molar-refractivity contribution in [1.29, 1.82) is 0 Å². The van der Waals surface area contributed by atoms with Crippen molar-refractivity contribution in [2.45, 2.75) is 19.9 Å². The van der Waals surface area contributed by atoms with E-state index in [9.17, 15) is 4.79 Å². The van der Waals surface area contributed by atoms with E-state index in [1.165, 1.54) is 0 Å². The van der Waals surface area contributed by atoms with Gasteiger partial charge in [0.2, 0.25) is 5.91 Å². The second kappa shape index (κ2) is 8.03. The molecule has 5 heteroatoms. The molecule has 1 heterocycles. The summed E-state index contributed by atoms with van der Waals surface area (Å²) in [6.07, 6.45) is 0.648. The standard InChI is InChI=1S/C20H24N2O3/c1-3-21-12-14-5-4-6-17(9-14)22-20(23)16-10-15-11-18(24-2)7-8-19(15)25-13-16/h4-9,11,16,21H,3,10,12-13H2,1-2H3,(H,22,23). The molecule has 3 rings (SSSR count). The number of amides is 1. The third-order valence-electron chi connectivity index (χ3n) is 4.32. The van der Waals surface area contributed by atoms with Gasteiger partial charge in [-0.05, 0) is 54.4 Å². The van der Waals surface area contributed by atoms with Gasteiger partial charge in [0.1, 0.15) is 18.1 Å². The molecular weight excluding hydrogens is 316 g/mol. The number of hydrogen-bond acceptors (Lipinski definition) is 4. The van der Waals surface area contributed by atoms with E-state index in [2.05, 4.69) is 17.6 Å². The van der Waals surface area contributed by atoms with E-state index in [1.807, 2.05) is 42.5 Å². The van der Waals surface area contributed by atoms with Crippen LogP contribution in [-0.4, -0.2) is 26.2 Å². The Kier molecular flexibility index (Phi) is 5.56. The molecule has 0 aromatic heterocycles. The minimum atomic E-state index is -0.211. The number of nitrogens with one attached hydrogen (secondary N) is 2. The Morgan fingerprint density at radius 1 is 1.28 bits per heavy atom. The highest BCUT2D eigenvalue weighted by molar-refractivity contribution is 5.93. The molecule has 0 spiro atoms. The lowest BCUT2D eigenvalue weighted by atomic mass is 9.95. The largest absolute Gasteiger partial charge is 0.497 e. The van der Waals surface area contributed by atoms with Gasteiger partial charge in [-0.1, -0.05) is 19.1 Å². The molecular formula is C20H24N2O3. The molecule has 2 aromatic rings. The maximum absolute atomic E-state index is 12.6. The summed E-state index contributed by atoms with van der Waals surface area (Å²) >= 11 is 0. The van der Waals surface area contributed by atoms with E-state index in [-0.39, 0.29) is 11.8 Å². The number of fused-ring (bicyclic) bond motifs is 1. The van der Waals surface area contributed by atoms with E-state index in [4.69, 9.17) is 9.47 Å². The minimum Gasteiger partial charge on any atom is -0.497 e. The highest BCUT2D eigenvalue weighted by Gasteiger charge is 2.26. The van der Waals surface area contributed by atoms with Crippen LogP contribution >= 0.6 is 0 Å². The van der Waals surface area contributed by atoms with E-state index < -0.39 is 0 Å². The quantitative estimate of drug-likeness (QED) is 0.849. The van der Waals surface area contributed by atoms with Crippen LogP contribution < -0.4 is 20.1 Å². The molecule has 0 aliphatic carbocycles. The highest BCUT2D eigenvalue weighted by Crippen LogP contribution is 2.31. The first-order valence-corrected chi connectivity index (χ1v) is 8.60. The summed E-state index contributed by atoms with van der Waals surface area (Å²) in [4.78, 5) is 12.6. The minimum absolute atomic E-state index is 0.0194. The van der Waals surface area contributed by atoms with Crippen LogP contribution in [-0.2, 0) is 17.8 Å². The second-order valence-corrected chi connectivity index (χ2v) is 6.16. The van der Waals surface area contributed by atoms with Crippen molar-refractivity contribution in [1.82, 2.24) is 5.32 Å². The van der Waals surface area contributed by atoms with Gasteiger partial charge < -0.3 is 20.1 Å². The van der Waals surface area contributed by atoms with Crippen molar-refractivity contribution < 1.29 is 14.3 Å². The smallest absolute Gasteiger partial charge is 0.231 e. The summed E-state index contributed by atoms with van der Waals surface area (Å²) in [7, 11) is 1.63. The second-order valence-electron chi connectivity index (χ2n) is 6.16. The molecule has 2 aromatic carbocycles. The number of methoxy groups -OCH3 is 1. The zero-order valence-electron chi connectivity index (χ0n) is 14.7. The molecule has 5 nitrogen and oxygen atoms in total. The van der Waals surface area contributed by atoms with E-state index in [0.29, 0.717) is 13.0 Å². The highest BCUT2D eigenvalue weighted by atomic mass is 16.5. The van der Waals surface area contributed by atoms with Gasteiger partial charge in [-0.15, -0.1) is 0 Å². The zero-order chi connectivity index (χ0) is 17.6. The fraction of sp³-hybridized carbons (Fsp3) is 0.350. The Bertz CT molecular complexity index is 745. The monoisotopic (exact) mass is 340 g/mol. The molecule has 1 unspecified atom stereocenters. The Balaban J connectivity index is 1.65. The number of ether oxygens (including phenoxy) is 2. The molecule has 0 fully saturated rings. The first-order valence-electron chi connectivity index (χ1n) is 8.60. The van der Waals surface area contributed by atoms with Gasteiger partial charge in [-0.2, -0.15) is 0 Å².